The number of nitrogens with zero attached hydrogens (tertiary/aromatic N) is 1. The minimum Gasteiger partial charge on any atom is -0.493 e. The molecule has 0 aliphatic carbocycles. The van der Waals surface area contributed by atoms with Crippen molar-refractivity contribution in [2.75, 3.05) is 6.61 Å². The number of fused-ring (bicyclic) bond motifs is 1. The van der Waals surface area contributed by atoms with Crippen molar-refractivity contribution in [2.24, 2.45) is 0 Å². The first-order valence-corrected chi connectivity index (χ1v) is 11.5. The summed E-state index contributed by atoms with van der Waals surface area (Å²) in [4.78, 5) is 10.8. The highest BCUT2D eigenvalue weighted by molar-refractivity contribution is 5.93. The first-order valence-electron chi connectivity index (χ1n) is 11.5. The number of ether oxygens (including phenoxy) is 2. The van der Waals surface area contributed by atoms with Gasteiger partial charge in [0.1, 0.15) is 17.2 Å². The molecule has 0 saturated heterocycles. The summed E-state index contributed by atoms with van der Waals surface area (Å²) in [5.74, 6) is 0.742. The first kappa shape index (κ1) is 23.4. The van der Waals surface area contributed by atoms with E-state index in [1.54, 1.807) is 0 Å². The third-order valence-electron chi connectivity index (χ3n) is 5.81. The Labute approximate surface area is 199 Å². The van der Waals surface area contributed by atoms with Gasteiger partial charge < -0.3 is 19.1 Å². The van der Waals surface area contributed by atoms with E-state index in [4.69, 9.17) is 19.1 Å². The zero-order valence-electron chi connectivity index (χ0n) is 19.7. The number of hydrogen-bond donors (Lipinski definition) is 1. The molecule has 1 unspecified atom stereocenters. The number of aliphatic carboxylic acids is 1. The predicted molar refractivity (Wildman–Crippen MR) is 132 cm³/mol. The van der Waals surface area contributed by atoms with Gasteiger partial charge in [0.05, 0.1) is 12.7 Å². The lowest BCUT2D eigenvalue weighted by Crippen LogP contribution is -2.16. The predicted octanol–water partition coefficient (Wildman–Crippen LogP) is 6.37. The Morgan fingerprint density at radius 2 is 1.91 bits per heavy atom. The normalized spacial score (nSPS) is 12.0. The van der Waals surface area contributed by atoms with E-state index in [9.17, 15) is 4.79 Å². The van der Waals surface area contributed by atoms with Gasteiger partial charge in [-0.15, -0.1) is 0 Å². The molecule has 0 spiro atoms. The zero-order valence-corrected chi connectivity index (χ0v) is 19.7. The number of carboxylic acid groups (broad SMARTS) is 1. The van der Waals surface area contributed by atoms with Gasteiger partial charge in [0, 0.05) is 23.8 Å². The lowest BCUT2D eigenvalue weighted by molar-refractivity contribution is -0.136. The highest BCUT2D eigenvalue weighted by Crippen LogP contribution is 2.35. The summed E-state index contributed by atoms with van der Waals surface area (Å²) in [6.45, 7) is 6.54. The maximum atomic E-state index is 10.8. The summed E-state index contributed by atoms with van der Waals surface area (Å²) in [7, 11) is 0. The lowest BCUT2D eigenvalue weighted by atomic mass is 10.0. The van der Waals surface area contributed by atoms with Crippen LogP contribution in [-0.4, -0.2) is 28.9 Å². The summed E-state index contributed by atoms with van der Waals surface area (Å²) in [6.07, 6.45) is 1.27. The Kier molecular flexibility index (Phi) is 7.16. The van der Waals surface area contributed by atoms with E-state index in [0.29, 0.717) is 19.4 Å². The number of rotatable bonds is 10. The maximum absolute atomic E-state index is 10.8. The van der Waals surface area contributed by atoms with Crippen molar-refractivity contribution in [1.29, 1.82) is 0 Å². The number of para-hydroxylation sites is 1. The van der Waals surface area contributed by atoms with E-state index in [1.165, 1.54) is 0 Å². The molecule has 4 rings (SSSR count). The zero-order chi connectivity index (χ0) is 24.1. The number of aryl methyl sites for hydroxylation is 3. The standard InChI is InChI=1S/C28H29NO5/c1-18-8-12-25(24(16-18)28-23-6-4-5-7-26(23)34-29-28)33-20(3)14-15-32-22-11-9-21(19(2)17-22)10-13-27(30)31/h4-9,11-12,16-17,20H,10,13-15H2,1-3H3,(H,30,31). The Bertz CT molecular complexity index is 1290. The molecule has 176 valence electrons. The third kappa shape index (κ3) is 5.57. The molecule has 0 radical (unpaired) electrons. The molecule has 4 aromatic rings. The van der Waals surface area contributed by atoms with Gasteiger partial charge >= 0.3 is 5.97 Å². The molecule has 6 heteroatoms. The molecule has 34 heavy (non-hydrogen) atoms. The van der Waals surface area contributed by atoms with Gasteiger partial charge in [-0.25, -0.2) is 0 Å². The van der Waals surface area contributed by atoms with E-state index < -0.39 is 5.97 Å². The molecular weight excluding hydrogens is 430 g/mol. The monoisotopic (exact) mass is 459 g/mol. The van der Waals surface area contributed by atoms with Gasteiger partial charge in [0.15, 0.2) is 5.58 Å². The summed E-state index contributed by atoms with van der Waals surface area (Å²) in [5.41, 5.74) is 5.61. The van der Waals surface area contributed by atoms with E-state index in [2.05, 4.69) is 11.2 Å². The van der Waals surface area contributed by atoms with Crippen molar-refractivity contribution < 1.29 is 23.9 Å². The molecule has 0 aliphatic rings. The van der Waals surface area contributed by atoms with Crippen molar-refractivity contribution in [1.82, 2.24) is 5.16 Å². The highest BCUT2D eigenvalue weighted by Gasteiger charge is 2.17. The summed E-state index contributed by atoms with van der Waals surface area (Å²) >= 11 is 0. The van der Waals surface area contributed by atoms with Gasteiger partial charge in [0.2, 0.25) is 0 Å². The van der Waals surface area contributed by atoms with E-state index >= 15 is 0 Å². The molecule has 3 aromatic carbocycles. The van der Waals surface area contributed by atoms with Crippen LogP contribution in [0.5, 0.6) is 11.5 Å². The highest BCUT2D eigenvalue weighted by atomic mass is 16.5. The number of carbonyl (C=O) groups is 1. The lowest BCUT2D eigenvalue weighted by Gasteiger charge is -2.18. The van der Waals surface area contributed by atoms with E-state index in [1.807, 2.05) is 75.4 Å². The van der Waals surface area contributed by atoms with Crippen molar-refractivity contribution >= 4 is 16.9 Å². The van der Waals surface area contributed by atoms with E-state index in [0.717, 1.165) is 50.4 Å². The third-order valence-corrected chi connectivity index (χ3v) is 5.81. The van der Waals surface area contributed by atoms with Gasteiger partial charge in [0.25, 0.3) is 0 Å². The molecule has 0 fully saturated rings. The summed E-state index contributed by atoms with van der Waals surface area (Å²) in [5, 5.41) is 14.1. The second-order valence-electron chi connectivity index (χ2n) is 8.57. The number of benzene rings is 3. The first-order chi connectivity index (χ1) is 16.4. The Morgan fingerprint density at radius 1 is 1.09 bits per heavy atom. The SMILES string of the molecule is Cc1ccc(OC(C)CCOc2ccc(CCC(=O)O)c(C)c2)c(-c2noc3ccccc23)c1. The van der Waals surface area contributed by atoms with Crippen molar-refractivity contribution in [3.63, 3.8) is 0 Å². The minimum absolute atomic E-state index is 0.0736. The molecule has 0 saturated carbocycles. The number of aromatic nitrogens is 1. The average molecular weight is 460 g/mol. The fraction of sp³-hybridized carbons (Fsp3) is 0.286. The average Bonchev–Trinajstić information content (AvgIpc) is 3.23. The van der Waals surface area contributed by atoms with Gasteiger partial charge in [-0.1, -0.05) is 35.0 Å². The molecule has 1 N–H and O–H groups in total. The molecule has 1 heterocycles. The van der Waals surface area contributed by atoms with Gasteiger partial charge in [-0.05, 0) is 74.7 Å². The Morgan fingerprint density at radius 3 is 2.71 bits per heavy atom. The molecule has 1 aromatic heterocycles. The largest absolute Gasteiger partial charge is 0.493 e. The molecule has 0 amide bonds. The summed E-state index contributed by atoms with van der Waals surface area (Å²) < 4.78 is 17.7. The number of hydrogen-bond acceptors (Lipinski definition) is 5. The number of carboxylic acids is 1. The fourth-order valence-electron chi connectivity index (χ4n) is 3.91. The van der Waals surface area contributed by atoms with Crippen LogP contribution in [0.15, 0.2) is 65.2 Å². The van der Waals surface area contributed by atoms with E-state index in [-0.39, 0.29) is 12.5 Å². The van der Waals surface area contributed by atoms with Crippen LogP contribution in [0.4, 0.5) is 0 Å². The smallest absolute Gasteiger partial charge is 0.303 e. The Balaban J connectivity index is 1.39. The van der Waals surface area contributed by atoms with Crippen LogP contribution in [0.3, 0.4) is 0 Å². The molecule has 6 nitrogen and oxygen atoms in total. The van der Waals surface area contributed by atoms with Gasteiger partial charge in [-0.2, -0.15) is 0 Å². The minimum atomic E-state index is -0.790. The second kappa shape index (κ2) is 10.4. The molecular formula is C28H29NO5. The van der Waals surface area contributed by atoms with Crippen LogP contribution in [0, 0.1) is 13.8 Å². The molecule has 1 atom stereocenters. The van der Waals surface area contributed by atoms with Gasteiger partial charge in [-0.3, -0.25) is 4.79 Å². The van der Waals surface area contributed by atoms with Crippen molar-refractivity contribution in [3.05, 3.63) is 77.4 Å². The quantitative estimate of drug-likeness (QED) is 0.297. The second-order valence-corrected chi connectivity index (χ2v) is 8.57. The van der Waals surface area contributed by atoms with Crippen molar-refractivity contribution in [2.45, 2.75) is 46.1 Å². The molecule has 0 aliphatic heterocycles. The van der Waals surface area contributed by atoms with Crippen LogP contribution < -0.4 is 9.47 Å². The maximum Gasteiger partial charge on any atom is 0.303 e. The Hall–Kier alpha value is -3.80. The van der Waals surface area contributed by atoms with Crippen LogP contribution >= 0.6 is 0 Å². The van der Waals surface area contributed by atoms with Crippen LogP contribution in [-0.2, 0) is 11.2 Å². The molecule has 0 bridgehead atoms. The van der Waals surface area contributed by atoms with Crippen LogP contribution in [0.25, 0.3) is 22.2 Å². The fourth-order valence-corrected chi connectivity index (χ4v) is 3.91. The van der Waals surface area contributed by atoms with Crippen molar-refractivity contribution in [3.8, 4) is 22.8 Å². The van der Waals surface area contributed by atoms with Crippen LogP contribution in [0.2, 0.25) is 0 Å². The summed E-state index contributed by atoms with van der Waals surface area (Å²) in [6, 6.07) is 19.7. The topological polar surface area (TPSA) is 81.8 Å². The van der Waals surface area contributed by atoms with Crippen LogP contribution in [0.1, 0.15) is 36.5 Å².